The molecule has 5 heteroatoms. The van der Waals surface area contributed by atoms with E-state index in [4.69, 9.17) is 11.0 Å². The smallest absolute Gasteiger partial charge is 0.149 e. The summed E-state index contributed by atoms with van der Waals surface area (Å²) in [6.07, 6.45) is 1.27. The third-order valence-corrected chi connectivity index (χ3v) is 2.74. The van der Waals surface area contributed by atoms with Gasteiger partial charge < -0.3 is 5.73 Å². The van der Waals surface area contributed by atoms with Crippen molar-refractivity contribution in [2.45, 2.75) is 0 Å². The monoisotopic (exact) mass is 265 g/mol. The first-order valence-electron chi connectivity index (χ1n) is 4.07. The van der Waals surface area contributed by atoms with E-state index in [1.807, 2.05) is 6.07 Å². The summed E-state index contributed by atoms with van der Waals surface area (Å²) < 4.78 is 14.0. The third kappa shape index (κ3) is 1.43. The van der Waals surface area contributed by atoms with Crippen molar-refractivity contribution in [3.63, 3.8) is 0 Å². The molecule has 0 aliphatic heterocycles. The number of pyridine rings is 1. The van der Waals surface area contributed by atoms with Crippen LogP contribution in [0.25, 0.3) is 10.9 Å². The minimum Gasteiger partial charge on any atom is -0.397 e. The van der Waals surface area contributed by atoms with Crippen LogP contribution < -0.4 is 5.73 Å². The van der Waals surface area contributed by atoms with Crippen molar-refractivity contribution in [3.05, 3.63) is 34.2 Å². The fraction of sp³-hybridized carbons (Fsp3) is 0. The first kappa shape index (κ1) is 9.87. The van der Waals surface area contributed by atoms with Gasteiger partial charge in [-0.25, -0.2) is 4.39 Å². The molecule has 0 atom stereocenters. The highest BCUT2D eigenvalue weighted by Crippen LogP contribution is 2.31. The predicted octanol–water partition coefficient (Wildman–Crippen LogP) is 2.59. The van der Waals surface area contributed by atoms with Crippen molar-refractivity contribution in [1.82, 2.24) is 4.98 Å². The molecule has 0 aliphatic carbocycles. The molecule has 0 bridgehead atoms. The molecule has 15 heavy (non-hydrogen) atoms. The van der Waals surface area contributed by atoms with Crippen molar-refractivity contribution in [3.8, 4) is 6.07 Å². The molecule has 1 aromatic heterocycles. The van der Waals surface area contributed by atoms with Crippen molar-refractivity contribution < 1.29 is 4.39 Å². The summed E-state index contributed by atoms with van der Waals surface area (Å²) in [6, 6.07) is 4.74. The number of rotatable bonds is 0. The average Bonchev–Trinajstić information content (AvgIpc) is 2.23. The number of anilines is 1. The summed E-state index contributed by atoms with van der Waals surface area (Å²) in [4.78, 5) is 3.87. The Morgan fingerprint density at radius 2 is 2.20 bits per heavy atom. The molecule has 3 nitrogen and oxygen atoms in total. The molecule has 0 saturated heterocycles. The normalized spacial score (nSPS) is 10.2. The van der Waals surface area contributed by atoms with E-state index in [-0.39, 0.29) is 16.8 Å². The van der Waals surface area contributed by atoms with Gasteiger partial charge in [0.25, 0.3) is 0 Å². The lowest BCUT2D eigenvalue weighted by Crippen LogP contribution is -1.96. The maximum Gasteiger partial charge on any atom is 0.149 e. The van der Waals surface area contributed by atoms with Crippen molar-refractivity contribution in [1.29, 1.82) is 5.26 Å². The number of aromatic nitrogens is 1. The molecule has 1 aromatic carbocycles. The van der Waals surface area contributed by atoms with Gasteiger partial charge in [0.15, 0.2) is 0 Å². The van der Waals surface area contributed by atoms with E-state index in [9.17, 15) is 4.39 Å². The van der Waals surface area contributed by atoms with Crippen LogP contribution in [-0.2, 0) is 0 Å². The SMILES string of the molecule is N#Cc1cnc2c(F)ccc(Br)c2c1N. The summed E-state index contributed by atoms with van der Waals surface area (Å²) in [5.41, 5.74) is 6.40. The number of nitrogen functional groups attached to an aromatic ring is 1. The predicted molar refractivity (Wildman–Crippen MR) is 58.5 cm³/mol. The molecular formula is C10H5BrFN3. The number of halogens is 2. The number of nitrogens with zero attached hydrogens (tertiary/aromatic N) is 2. The molecule has 1 heterocycles. The standard InChI is InChI=1S/C10H5BrFN3/c11-6-1-2-7(12)10-8(6)9(14)5(3-13)4-15-10/h1-2,4H,(H2,14,15). The summed E-state index contributed by atoms with van der Waals surface area (Å²) in [6.45, 7) is 0. The Labute approximate surface area is 93.5 Å². The fourth-order valence-electron chi connectivity index (χ4n) is 1.35. The van der Waals surface area contributed by atoms with E-state index in [2.05, 4.69) is 20.9 Å². The van der Waals surface area contributed by atoms with Crippen molar-refractivity contribution in [2.75, 3.05) is 5.73 Å². The number of nitrogens with two attached hydrogens (primary N) is 1. The molecule has 0 unspecified atom stereocenters. The molecule has 0 radical (unpaired) electrons. The number of nitriles is 1. The Kier molecular flexibility index (Phi) is 2.29. The largest absolute Gasteiger partial charge is 0.397 e. The van der Waals surface area contributed by atoms with Crippen molar-refractivity contribution in [2.24, 2.45) is 0 Å². The lowest BCUT2D eigenvalue weighted by molar-refractivity contribution is 0.636. The van der Waals surface area contributed by atoms with Crippen LogP contribution >= 0.6 is 15.9 Å². The van der Waals surface area contributed by atoms with Gasteiger partial charge in [-0.05, 0) is 12.1 Å². The molecule has 0 saturated carbocycles. The van der Waals surface area contributed by atoms with Crippen LogP contribution in [0, 0.1) is 17.1 Å². The van der Waals surface area contributed by atoms with Crippen LogP contribution in [0.1, 0.15) is 5.56 Å². The van der Waals surface area contributed by atoms with E-state index in [1.165, 1.54) is 18.3 Å². The van der Waals surface area contributed by atoms with Gasteiger partial charge in [-0.2, -0.15) is 5.26 Å². The molecule has 2 aromatic rings. The van der Waals surface area contributed by atoms with E-state index in [0.29, 0.717) is 9.86 Å². The Bertz CT molecular complexity index is 589. The quantitative estimate of drug-likeness (QED) is 0.797. The van der Waals surface area contributed by atoms with Gasteiger partial charge in [0.2, 0.25) is 0 Å². The molecule has 0 amide bonds. The summed E-state index contributed by atoms with van der Waals surface area (Å²) >= 11 is 3.25. The van der Waals surface area contributed by atoms with Crippen LogP contribution in [0.2, 0.25) is 0 Å². The maximum absolute atomic E-state index is 13.4. The molecular weight excluding hydrogens is 261 g/mol. The average molecular weight is 266 g/mol. The fourth-order valence-corrected chi connectivity index (χ4v) is 1.88. The number of benzene rings is 1. The topological polar surface area (TPSA) is 62.7 Å². The van der Waals surface area contributed by atoms with Crippen LogP contribution in [0.5, 0.6) is 0 Å². The van der Waals surface area contributed by atoms with Gasteiger partial charge in [-0.3, -0.25) is 4.98 Å². The molecule has 74 valence electrons. The second-order valence-electron chi connectivity index (χ2n) is 2.95. The van der Waals surface area contributed by atoms with Crippen LogP contribution in [0.15, 0.2) is 22.8 Å². The van der Waals surface area contributed by atoms with E-state index in [0.717, 1.165) is 0 Å². The highest BCUT2D eigenvalue weighted by molar-refractivity contribution is 9.10. The summed E-state index contributed by atoms with van der Waals surface area (Å²) in [5.74, 6) is -0.454. The Morgan fingerprint density at radius 3 is 2.87 bits per heavy atom. The second-order valence-corrected chi connectivity index (χ2v) is 3.80. The highest BCUT2D eigenvalue weighted by Gasteiger charge is 2.11. The first-order valence-corrected chi connectivity index (χ1v) is 4.86. The Morgan fingerprint density at radius 1 is 1.47 bits per heavy atom. The van der Waals surface area contributed by atoms with Crippen molar-refractivity contribution >= 4 is 32.5 Å². The van der Waals surface area contributed by atoms with Crippen LogP contribution in [-0.4, -0.2) is 4.98 Å². The molecule has 0 spiro atoms. The minimum absolute atomic E-state index is 0.167. The molecule has 2 N–H and O–H groups in total. The summed E-state index contributed by atoms with van der Waals surface area (Å²) in [7, 11) is 0. The third-order valence-electron chi connectivity index (χ3n) is 2.08. The van der Waals surface area contributed by atoms with E-state index < -0.39 is 5.82 Å². The first-order chi connectivity index (χ1) is 7.15. The maximum atomic E-state index is 13.4. The van der Waals surface area contributed by atoms with Crippen LogP contribution in [0.3, 0.4) is 0 Å². The molecule has 2 rings (SSSR count). The van der Waals surface area contributed by atoms with E-state index in [1.54, 1.807) is 0 Å². The Hall–Kier alpha value is -1.67. The van der Waals surface area contributed by atoms with Gasteiger partial charge >= 0.3 is 0 Å². The number of hydrogen-bond acceptors (Lipinski definition) is 3. The van der Waals surface area contributed by atoms with Crippen LogP contribution in [0.4, 0.5) is 10.1 Å². The second kappa shape index (κ2) is 3.48. The van der Waals surface area contributed by atoms with E-state index >= 15 is 0 Å². The van der Waals surface area contributed by atoms with Gasteiger partial charge in [0.05, 0.1) is 11.3 Å². The zero-order valence-electron chi connectivity index (χ0n) is 7.46. The van der Waals surface area contributed by atoms with Gasteiger partial charge in [-0.1, -0.05) is 15.9 Å². The number of hydrogen-bond donors (Lipinski definition) is 1. The molecule has 0 aliphatic rings. The zero-order chi connectivity index (χ0) is 11.0. The highest BCUT2D eigenvalue weighted by atomic mass is 79.9. The lowest BCUT2D eigenvalue weighted by Gasteiger charge is -2.05. The van der Waals surface area contributed by atoms with Gasteiger partial charge in [0, 0.05) is 16.1 Å². The zero-order valence-corrected chi connectivity index (χ0v) is 9.05. The lowest BCUT2D eigenvalue weighted by atomic mass is 10.1. The van der Waals surface area contributed by atoms with Gasteiger partial charge in [0.1, 0.15) is 17.4 Å². The molecule has 0 fully saturated rings. The summed E-state index contributed by atoms with van der Waals surface area (Å²) in [5, 5.41) is 9.20. The number of fused-ring (bicyclic) bond motifs is 1. The minimum atomic E-state index is -0.454. The Balaban J connectivity index is 3.00. The van der Waals surface area contributed by atoms with Gasteiger partial charge in [-0.15, -0.1) is 0 Å².